The minimum Gasteiger partial charge on any atom is -0.480 e. The van der Waals surface area contributed by atoms with E-state index >= 15 is 0 Å². The van der Waals surface area contributed by atoms with Gasteiger partial charge in [-0.05, 0) is 67.7 Å². The monoisotopic (exact) mass is 459 g/mol. The number of hydrogen-bond acceptors (Lipinski definition) is 3. The van der Waals surface area contributed by atoms with E-state index in [1.54, 1.807) is 23.0 Å². The zero-order valence-electron chi connectivity index (χ0n) is 18.9. The second-order valence-corrected chi connectivity index (χ2v) is 9.07. The maximum atomic E-state index is 14.1. The fraction of sp³-hybridized carbons (Fsp3) is 0.296. The number of nitrogens with zero attached hydrogens (tertiary/aromatic N) is 2. The Hall–Kier alpha value is -3.74. The van der Waals surface area contributed by atoms with Crippen molar-refractivity contribution in [2.24, 2.45) is 0 Å². The van der Waals surface area contributed by atoms with Crippen molar-refractivity contribution < 1.29 is 19.1 Å². The molecule has 5 rings (SSSR count). The van der Waals surface area contributed by atoms with Crippen LogP contribution < -0.4 is 5.32 Å². The van der Waals surface area contributed by atoms with Gasteiger partial charge in [0.05, 0.1) is 5.56 Å². The Morgan fingerprint density at radius 2 is 1.85 bits per heavy atom. The summed E-state index contributed by atoms with van der Waals surface area (Å²) in [5.74, 6) is -1.19. The number of rotatable bonds is 5. The van der Waals surface area contributed by atoms with Gasteiger partial charge < -0.3 is 15.0 Å². The molecule has 34 heavy (non-hydrogen) atoms. The maximum absolute atomic E-state index is 14.1. The highest BCUT2D eigenvalue weighted by molar-refractivity contribution is 6.06. The minimum atomic E-state index is -0.926. The van der Waals surface area contributed by atoms with E-state index in [0.717, 1.165) is 58.6 Å². The largest absolute Gasteiger partial charge is 0.480 e. The summed E-state index contributed by atoms with van der Waals surface area (Å²) >= 11 is 0. The van der Waals surface area contributed by atoms with E-state index in [-0.39, 0.29) is 30.2 Å². The molecular weight excluding hydrogens is 433 g/mol. The SMILES string of the molecule is Cc1c(C2CCC(NC(=O)c3cncc4ccccc34)CC2)c2cc(F)ccc2n1CC(=O)O. The van der Waals surface area contributed by atoms with E-state index in [9.17, 15) is 19.1 Å². The van der Waals surface area contributed by atoms with Gasteiger partial charge in [-0.1, -0.05) is 24.3 Å². The zero-order valence-corrected chi connectivity index (χ0v) is 18.9. The van der Waals surface area contributed by atoms with Crippen molar-refractivity contribution >= 4 is 33.6 Å². The summed E-state index contributed by atoms with van der Waals surface area (Å²) in [5.41, 5.74) is 3.22. The number of aliphatic carboxylic acids is 1. The molecule has 0 saturated heterocycles. The third kappa shape index (κ3) is 4.02. The van der Waals surface area contributed by atoms with E-state index in [1.807, 2.05) is 31.2 Å². The lowest BCUT2D eigenvalue weighted by Gasteiger charge is -2.30. The smallest absolute Gasteiger partial charge is 0.323 e. The molecule has 1 fully saturated rings. The summed E-state index contributed by atoms with van der Waals surface area (Å²) in [7, 11) is 0. The number of fused-ring (bicyclic) bond motifs is 2. The van der Waals surface area contributed by atoms with Crippen LogP contribution in [0.4, 0.5) is 4.39 Å². The molecule has 2 aromatic heterocycles. The number of benzene rings is 2. The van der Waals surface area contributed by atoms with Gasteiger partial charge in [0, 0.05) is 40.4 Å². The molecule has 2 aromatic carbocycles. The van der Waals surface area contributed by atoms with Crippen molar-refractivity contribution in [2.45, 2.75) is 51.1 Å². The second kappa shape index (κ2) is 8.89. The first-order valence-electron chi connectivity index (χ1n) is 11.6. The minimum absolute atomic E-state index is 0.0483. The van der Waals surface area contributed by atoms with Gasteiger partial charge >= 0.3 is 5.97 Å². The number of nitrogens with one attached hydrogen (secondary N) is 1. The number of halogens is 1. The number of aromatic nitrogens is 2. The van der Waals surface area contributed by atoms with Crippen molar-refractivity contribution in [3.05, 3.63) is 77.5 Å². The number of carbonyl (C=O) groups is 2. The van der Waals surface area contributed by atoms with Crippen molar-refractivity contribution in [1.29, 1.82) is 0 Å². The molecule has 0 bridgehead atoms. The molecule has 0 atom stereocenters. The lowest BCUT2D eigenvalue weighted by molar-refractivity contribution is -0.137. The third-order valence-corrected chi connectivity index (χ3v) is 7.01. The molecule has 7 heteroatoms. The van der Waals surface area contributed by atoms with Crippen LogP contribution in [0.15, 0.2) is 54.9 Å². The third-order valence-electron chi connectivity index (χ3n) is 7.01. The fourth-order valence-corrected chi connectivity index (χ4v) is 5.42. The number of pyridine rings is 1. The average Bonchev–Trinajstić information content (AvgIpc) is 3.09. The van der Waals surface area contributed by atoms with Crippen LogP contribution in [-0.2, 0) is 11.3 Å². The van der Waals surface area contributed by atoms with E-state index in [0.29, 0.717) is 5.56 Å². The quantitative estimate of drug-likeness (QED) is 0.431. The molecule has 1 saturated carbocycles. The molecule has 6 nitrogen and oxygen atoms in total. The van der Waals surface area contributed by atoms with Gasteiger partial charge in [0.1, 0.15) is 12.4 Å². The Morgan fingerprint density at radius 3 is 2.62 bits per heavy atom. The van der Waals surface area contributed by atoms with Crippen LogP contribution in [0.3, 0.4) is 0 Å². The average molecular weight is 460 g/mol. The number of carboxylic acids is 1. The normalized spacial score (nSPS) is 18.3. The summed E-state index contributed by atoms with van der Waals surface area (Å²) in [6.45, 7) is 1.76. The number of hydrogen-bond donors (Lipinski definition) is 2. The standard InChI is InChI=1S/C27H26FN3O3/c1-16-26(22-12-19(28)8-11-24(22)31(16)15-25(32)33)17-6-9-20(10-7-17)30-27(34)23-14-29-13-18-4-2-3-5-21(18)23/h2-5,8,11-14,17,20H,6-7,9-10,15H2,1H3,(H,30,34)(H,32,33). The maximum Gasteiger partial charge on any atom is 0.323 e. The second-order valence-electron chi connectivity index (χ2n) is 9.07. The number of carboxylic acid groups (broad SMARTS) is 1. The molecule has 0 spiro atoms. The highest BCUT2D eigenvalue weighted by Crippen LogP contribution is 2.40. The highest BCUT2D eigenvalue weighted by atomic mass is 19.1. The molecule has 174 valence electrons. The zero-order chi connectivity index (χ0) is 23.8. The van der Waals surface area contributed by atoms with Crippen molar-refractivity contribution in [3.63, 3.8) is 0 Å². The molecule has 1 aliphatic carbocycles. The molecule has 1 aliphatic rings. The summed E-state index contributed by atoms with van der Waals surface area (Å²) in [6, 6.07) is 12.3. The summed E-state index contributed by atoms with van der Waals surface area (Å²) in [6.07, 6.45) is 6.64. The first-order valence-corrected chi connectivity index (χ1v) is 11.6. The van der Waals surface area contributed by atoms with Crippen LogP contribution in [0.1, 0.15) is 53.2 Å². The summed E-state index contributed by atoms with van der Waals surface area (Å²) < 4.78 is 15.8. The lowest BCUT2D eigenvalue weighted by atomic mass is 9.80. The van der Waals surface area contributed by atoms with Gasteiger partial charge in [-0.2, -0.15) is 0 Å². The summed E-state index contributed by atoms with van der Waals surface area (Å²) in [5, 5.41) is 15.1. The van der Waals surface area contributed by atoms with E-state index in [1.165, 1.54) is 12.1 Å². The Kier molecular flexibility index (Phi) is 5.77. The molecule has 0 unspecified atom stereocenters. The van der Waals surface area contributed by atoms with Gasteiger partial charge in [0.2, 0.25) is 0 Å². The van der Waals surface area contributed by atoms with Crippen molar-refractivity contribution in [2.75, 3.05) is 0 Å². The number of carbonyl (C=O) groups excluding carboxylic acids is 1. The molecule has 4 aromatic rings. The molecular formula is C27H26FN3O3. The van der Waals surface area contributed by atoms with Crippen molar-refractivity contribution in [3.8, 4) is 0 Å². The van der Waals surface area contributed by atoms with Crippen LogP contribution in [0.25, 0.3) is 21.7 Å². The van der Waals surface area contributed by atoms with Gasteiger partial charge in [-0.25, -0.2) is 4.39 Å². The van der Waals surface area contributed by atoms with E-state index < -0.39 is 5.97 Å². The fourth-order valence-electron chi connectivity index (χ4n) is 5.42. The summed E-state index contributed by atoms with van der Waals surface area (Å²) in [4.78, 5) is 28.6. The lowest BCUT2D eigenvalue weighted by Crippen LogP contribution is -2.37. The Balaban J connectivity index is 1.34. The van der Waals surface area contributed by atoms with Crippen LogP contribution >= 0.6 is 0 Å². The van der Waals surface area contributed by atoms with Gasteiger partial charge in [-0.15, -0.1) is 0 Å². The van der Waals surface area contributed by atoms with Gasteiger partial charge in [0.25, 0.3) is 5.91 Å². The van der Waals surface area contributed by atoms with E-state index in [4.69, 9.17) is 0 Å². The van der Waals surface area contributed by atoms with Gasteiger partial charge in [0.15, 0.2) is 0 Å². The van der Waals surface area contributed by atoms with Gasteiger partial charge in [-0.3, -0.25) is 14.6 Å². The first kappa shape index (κ1) is 22.1. The molecule has 2 heterocycles. The molecule has 0 radical (unpaired) electrons. The van der Waals surface area contributed by atoms with Crippen LogP contribution in [0, 0.1) is 12.7 Å². The molecule has 2 N–H and O–H groups in total. The predicted molar refractivity (Wildman–Crippen MR) is 128 cm³/mol. The Bertz CT molecular complexity index is 1400. The topological polar surface area (TPSA) is 84.2 Å². The van der Waals surface area contributed by atoms with Crippen LogP contribution in [0.5, 0.6) is 0 Å². The Morgan fingerprint density at radius 1 is 1.09 bits per heavy atom. The molecule has 1 amide bonds. The van der Waals surface area contributed by atoms with Crippen molar-refractivity contribution in [1.82, 2.24) is 14.9 Å². The molecule has 0 aliphatic heterocycles. The predicted octanol–water partition coefficient (Wildman–Crippen LogP) is 5.18. The first-order chi connectivity index (χ1) is 16.4. The number of amides is 1. The van der Waals surface area contributed by atoms with E-state index in [2.05, 4.69) is 10.3 Å². The highest BCUT2D eigenvalue weighted by Gasteiger charge is 2.29. The van der Waals surface area contributed by atoms with Crippen LogP contribution in [-0.4, -0.2) is 32.6 Å². The van der Waals surface area contributed by atoms with Crippen LogP contribution in [0.2, 0.25) is 0 Å². The Labute approximate surface area is 196 Å².